The van der Waals surface area contributed by atoms with Crippen molar-refractivity contribution >= 4 is 17.9 Å². The van der Waals surface area contributed by atoms with Crippen molar-refractivity contribution in [3.8, 4) is 0 Å². The van der Waals surface area contributed by atoms with Crippen LogP contribution in [-0.4, -0.2) is 115 Å². The van der Waals surface area contributed by atoms with Crippen molar-refractivity contribution in [3.63, 3.8) is 0 Å². The van der Waals surface area contributed by atoms with Gasteiger partial charge in [-0.1, -0.05) is 0 Å². The molecule has 0 unspecified atom stereocenters. The van der Waals surface area contributed by atoms with Gasteiger partial charge >= 0.3 is 36.4 Å². The quantitative estimate of drug-likeness (QED) is 0.406. The number of hydrogen-bond donors (Lipinski definition) is 3. The Bertz CT molecular complexity index is 1180. The van der Waals surface area contributed by atoms with Crippen molar-refractivity contribution in [1.29, 1.82) is 0 Å². The van der Waals surface area contributed by atoms with Gasteiger partial charge in [-0.25, -0.2) is 19.4 Å². The number of nitrogens with zero attached hydrogens (tertiary/aromatic N) is 5. The predicted octanol–water partition coefficient (Wildman–Crippen LogP) is 3.44. The molecule has 2 atom stereocenters. The molecular weight excluding hydrogens is 653 g/mol. The molecule has 2 aliphatic heterocycles. The third-order valence-electron chi connectivity index (χ3n) is 6.18. The maximum atomic E-state index is 10.6. The number of pyridine rings is 1. The van der Waals surface area contributed by atoms with Crippen LogP contribution >= 0.6 is 0 Å². The fourth-order valence-corrected chi connectivity index (χ4v) is 3.97. The molecule has 2 aliphatic rings. The summed E-state index contributed by atoms with van der Waals surface area (Å²) < 4.78 is 104. The summed E-state index contributed by atoms with van der Waals surface area (Å²) in [5, 5.41) is 21.4. The van der Waals surface area contributed by atoms with Crippen LogP contribution in [0.2, 0.25) is 0 Å². The molecule has 0 saturated carbocycles. The molecule has 12 nitrogen and oxygen atoms in total. The highest BCUT2D eigenvalue weighted by molar-refractivity contribution is 5.73. The smallest absolute Gasteiger partial charge is 0.475 e. The topological polar surface area (TPSA) is 158 Å². The molecule has 4 rings (SSSR count). The molecule has 2 saturated heterocycles. The number of carbonyl (C=O) groups is 3. The van der Waals surface area contributed by atoms with Crippen LogP contribution in [-0.2, 0) is 39.3 Å². The molecule has 0 spiro atoms. The second-order valence-corrected chi connectivity index (χ2v) is 9.65. The maximum absolute atomic E-state index is 10.6. The van der Waals surface area contributed by atoms with Crippen LogP contribution < -0.4 is 0 Å². The Kier molecular flexibility index (Phi) is 15.4. The van der Waals surface area contributed by atoms with Gasteiger partial charge in [-0.05, 0) is 30.7 Å². The second-order valence-electron chi connectivity index (χ2n) is 9.65. The Morgan fingerprint density at radius 2 is 1.28 bits per heavy atom. The lowest BCUT2D eigenvalue weighted by Crippen LogP contribution is -2.46. The number of aromatic nitrogens is 3. The van der Waals surface area contributed by atoms with E-state index in [4.69, 9.17) is 34.4 Å². The SMILES string of the molecule is Cn1ccnc1CN1CC[C@@H]2CN(Cc3ccncc3)CCO[C@@H]2C1.O=C(O)C(F)(F)F.O=C(O)C(F)(F)F.O=C(O)C(F)(F)F. The zero-order valence-corrected chi connectivity index (χ0v) is 23.9. The first-order chi connectivity index (χ1) is 21.1. The number of rotatable bonds is 4. The van der Waals surface area contributed by atoms with Crippen LogP contribution in [0.4, 0.5) is 39.5 Å². The van der Waals surface area contributed by atoms with Crippen molar-refractivity contribution in [2.45, 2.75) is 44.1 Å². The minimum Gasteiger partial charge on any atom is -0.475 e. The van der Waals surface area contributed by atoms with Gasteiger partial charge in [0.05, 0.1) is 19.3 Å². The van der Waals surface area contributed by atoms with Crippen molar-refractivity contribution < 1.29 is 74.0 Å². The maximum Gasteiger partial charge on any atom is 0.490 e. The van der Waals surface area contributed by atoms with Crippen LogP contribution in [0.5, 0.6) is 0 Å². The third kappa shape index (κ3) is 15.3. The van der Waals surface area contributed by atoms with Gasteiger partial charge in [0.1, 0.15) is 5.82 Å². The number of piperidine rings is 1. The van der Waals surface area contributed by atoms with Gasteiger partial charge in [-0.2, -0.15) is 39.5 Å². The summed E-state index contributed by atoms with van der Waals surface area (Å²) in [5.41, 5.74) is 1.33. The number of aliphatic carboxylic acids is 3. The van der Waals surface area contributed by atoms with Crippen molar-refractivity contribution in [3.05, 3.63) is 48.3 Å². The molecule has 3 N–H and O–H groups in total. The zero-order chi connectivity index (χ0) is 35.3. The lowest BCUT2D eigenvalue weighted by Gasteiger charge is -2.37. The molecule has 2 aromatic rings. The van der Waals surface area contributed by atoms with Crippen LogP contribution in [0, 0.1) is 5.92 Å². The van der Waals surface area contributed by atoms with Gasteiger partial charge < -0.3 is 24.6 Å². The van der Waals surface area contributed by atoms with E-state index in [1.54, 1.807) is 0 Å². The molecule has 0 amide bonds. The molecular formula is C25H30F9N5O7. The molecule has 2 fully saturated rings. The molecule has 2 aromatic heterocycles. The van der Waals surface area contributed by atoms with E-state index < -0.39 is 36.4 Å². The summed E-state index contributed by atoms with van der Waals surface area (Å²) >= 11 is 0. The number of fused-ring (bicyclic) bond motifs is 1. The van der Waals surface area contributed by atoms with Crippen LogP contribution in [0.25, 0.3) is 0 Å². The Hall–Kier alpha value is -3.98. The van der Waals surface area contributed by atoms with E-state index in [1.165, 1.54) is 12.0 Å². The number of carboxylic acid groups (broad SMARTS) is 3. The molecule has 4 heterocycles. The number of imidazole rings is 1. The van der Waals surface area contributed by atoms with Gasteiger partial charge in [0, 0.05) is 63.9 Å². The van der Waals surface area contributed by atoms with E-state index in [0.29, 0.717) is 12.0 Å². The molecule has 0 aromatic carbocycles. The van der Waals surface area contributed by atoms with Gasteiger partial charge in [0.15, 0.2) is 0 Å². The number of hydrogen-bond acceptors (Lipinski definition) is 8. The Morgan fingerprint density at radius 1 is 0.804 bits per heavy atom. The second kappa shape index (κ2) is 17.6. The van der Waals surface area contributed by atoms with Crippen LogP contribution in [0.1, 0.15) is 17.8 Å². The highest BCUT2D eigenvalue weighted by Gasteiger charge is 2.39. The van der Waals surface area contributed by atoms with Crippen molar-refractivity contribution in [2.24, 2.45) is 13.0 Å². The Labute approximate surface area is 255 Å². The number of ether oxygens (including phenoxy) is 1. The average Bonchev–Trinajstić information content (AvgIpc) is 3.22. The van der Waals surface area contributed by atoms with Gasteiger partial charge in [-0.3, -0.25) is 14.8 Å². The zero-order valence-electron chi connectivity index (χ0n) is 23.9. The molecule has 0 aliphatic carbocycles. The summed E-state index contributed by atoms with van der Waals surface area (Å²) in [6, 6.07) is 4.22. The van der Waals surface area contributed by atoms with Gasteiger partial charge in [0.25, 0.3) is 0 Å². The number of halogens is 9. The Morgan fingerprint density at radius 3 is 1.72 bits per heavy atom. The highest BCUT2D eigenvalue weighted by Crippen LogP contribution is 2.25. The molecule has 21 heteroatoms. The molecule has 0 bridgehead atoms. The first kappa shape index (κ1) is 40.0. The van der Waals surface area contributed by atoms with E-state index in [-0.39, 0.29) is 0 Å². The predicted molar refractivity (Wildman–Crippen MR) is 137 cm³/mol. The fourth-order valence-electron chi connectivity index (χ4n) is 3.97. The first-order valence-corrected chi connectivity index (χ1v) is 12.9. The van der Waals surface area contributed by atoms with E-state index >= 15 is 0 Å². The normalized spacial score (nSPS) is 19.0. The van der Waals surface area contributed by atoms with E-state index in [9.17, 15) is 39.5 Å². The average molecular weight is 684 g/mol. The van der Waals surface area contributed by atoms with Gasteiger partial charge in [-0.15, -0.1) is 0 Å². The van der Waals surface area contributed by atoms with Crippen molar-refractivity contribution in [2.75, 3.05) is 32.8 Å². The molecule has 46 heavy (non-hydrogen) atoms. The molecule has 260 valence electrons. The summed E-state index contributed by atoms with van der Waals surface area (Å²) in [6.45, 7) is 7.00. The lowest BCUT2D eigenvalue weighted by atomic mass is 9.93. The van der Waals surface area contributed by atoms with E-state index in [0.717, 1.165) is 51.7 Å². The van der Waals surface area contributed by atoms with Crippen LogP contribution in [0.15, 0.2) is 36.9 Å². The van der Waals surface area contributed by atoms with E-state index in [2.05, 4.69) is 43.5 Å². The summed E-state index contributed by atoms with van der Waals surface area (Å²) in [7, 11) is 2.06. The molecule has 0 radical (unpaired) electrons. The fraction of sp³-hybridized carbons (Fsp3) is 0.560. The monoisotopic (exact) mass is 683 g/mol. The summed E-state index contributed by atoms with van der Waals surface area (Å²) in [6.07, 6.45) is -6.06. The number of aryl methyl sites for hydroxylation is 1. The summed E-state index contributed by atoms with van der Waals surface area (Å²) in [4.78, 5) is 40.3. The van der Waals surface area contributed by atoms with E-state index in [1.807, 2.05) is 24.8 Å². The largest absolute Gasteiger partial charge is 0.490 e. The highest BCUT2D eigenvalue weighted by atomic mass is 19.4. The minimum atomic E-state index is -5.08. The minimum absolute atomic E-state index is 0.344. The third-order valence-corrected chi connectivity index (χ3v) is 6.18. The standard InChI is InChI=1S/C19H27N5O.3C2HF3O2/c1-22-9-7-21-19(22)15-23-8-4-17-13-24(10-11-25-18(17)14-23)12-16-2-5-20-6-3-16;3*3-2(4,5)1(6)7/h2-3,5-7,9,17-18H,4,8,10-15H2,1H3;3*(H,6,7)/t17-,18-;;;/m1.../s1. The Balaban J connectivity index is 0.000000413. The number of alkyl halides is 9. The first-order valence-electron chi connectivity index (χ1n) is 12.9. The number of likely N-dealkylation sites (tertiary alicyclic amines) is 1. The lowest BCUT2D eigenvalue weighted by molar-refractivity contribution is -0.193. The summed E-state index contributed by atoms with van der Waals surface area (Å²) in [5.74, 6) is -6.51. The van der Waals surface area contributed by atoms with Gasteiger partial charge in [0.2, 0.25) is 0 Å². The van der Waals surface area contributed by atoms with Crippen LogP contribution in [0.3, 0.4) is 0 Å². The van der Waals surface area contributed by atoms with Crippen molar-refractivity contribution in [1.82, 2.24) is 24.3 Å². The number of carboxylic acids is 3.